The number of benzene rings is 2. The van der Waals surface area contributed by atoms with Crippen molar-refractivity contribution in [2.45, 2.75) is 25.4 Å². The summed E-state index contributed by atoms with van der Waals surface area (Å²) < 4.78 is 5.81. The Morgan fingerprint density at radius 1 is 1.03 bits per heavy atom. The molecule has 2 aromatic heterocycles. The van der Waals surface area contributed by atoms with Gasteiger partial charge in [0.2, 0.25) is 5.95 Å². The number of rotatable bonds is 6. The SMILES string of the molecule is Nc1ncc(-c2ccc(Cl)cc2)c([C@@H]2CCCN2Cc2cccc(Oc3ncccn3)c2)n1. The quantitative estimate of drug-likeness (QED) is 0.419. The zero-order valence-electron chi connectivity index (χ0n) is 17.9. The van der Waals surface area contributed by atoms with Crippen molar-refractivity contribution in [2.24, 2.45) is 0 Å². The smallest absolute Gasteiger partial charge is 0.321 e. The molecule has 5 rings (SSSR count). The van der Waals surface area contributed by atoms with E-state index in [9.17, 15) is 0 Å². The van der Waals surface area contributed by atoms with Crippen LogP contribution in [0.3, 0.4) is 0 Å². The summed E-state index contributed by atoms with van der Waals surface area (Å²) in [6, 6.07) is 18.0. The molecule has 0 saturated carbocycles. The molecule has 0 radical (unpaired) electrons. The molecule has 2 aromatic carbocycles. The maximum absolute atomic E-state index is 6.09. The van der Waals surface area contributed by atoms with Gasteiger partial charge in [-0.2, -0.15) is 0 Å². The van der Waals surface area contributed by atoms with Gasteiger partial charge in [-0.05, 0) is 60.8 Å². The highest BCUT2D eigenvalue weighted by Gasteiger charge is 2.30. The molecule has 0 amide bonds. The van der Waals surface area contributed by atoms with E-state index in [2.05, 4.69) is 30.9 Å². The number of hydrogen-bond donors (Lipinski definition) is 1. The number of hydrogen-bond acceptors (Lipinski definition) is 7. The molecule has 0 unspecified atom stereocenters. The fourth-order valence-corrected chi connectivity index (χ4v) is 4.35. The van der Waals surface area contributed by atoms with E-state index in [1.54, 1.807) is 18.5 Å². The fourth-order valence-electron chi connectivity index (χ4n) is 4.23. The van der Waals surface area contributed by atoms with Crippen molar-refractivity contribution in [3.63, 3.8) is 0 Å². The predicted octanol–water partition coefficient (Wildman–Crippen LogP) is 5.30. The van der Waals surface area contributed by atoms with Crippen molar-refractivity contribution >= 4 is 17.5 Å². The monoisotopic (exact) mass is 458 g/mol. The highest BCUT2D eigenvalue weighted by Crippen LogP contribution is 2.38. The van der Waals surface area contributed by atoms with Crippen LogP contribution in [-0.2, 0) is 6.54 Å². The third-order valence-electron chi connectivity index (χ3n) is 5.71. The molecule has 1 aliphatic heterocycles. The maximum atomic E-state index is 6.09. The molecule has 1 aliphatic rings. The Bertz CT molecular complexity index is 1240. The molecule has 4 aromatic rings. The fraction of sp³-hybridized carbons (Fsp3) is 0.200. The Kier molecular flexibility index (Phi) is 6.15. The maximum Gasteiger partial charge on any atom is 0.321 e. The summed E-state index contributed by atoms with van der Waals surface area (Å²) >= 11 is 6.09. The second-order valence-electron chi connectivity index (χ2n) is 7.94. The summed E-state index contributed by atoms with van der Waals surface area (Å²) in [7, 11) is 0. The third kappa shape index (κ3) is 4.94. The molecule has 0 spiro atoms. The number of likely N-dealkylation sites (tertiary alicyclic amines) is 1. The summed E-state index contributed by atoms with van der Waals surface area (Å²) in [4.78, 5) is 19.6. The van der Waals surface area contributed by atoms with Gasteiger partial charge in [0.1, 0.15) is 5.75 Å². The number of halogens is 1. The van der Waals surface area contributed by atoms with Crippen LogP contribution in [-0.4, -0.2) is 31.4 Å². The summed E-state index contributed by atoms with van der Waals surface area (Å²) in [5.41, 5.74) is 10.1. The molecule has 1 fully saturated rings. The lowest BCUT2D eigenvalue weighted by Gasteiger charge is -2.26. The van der Waals surface area contributed by atoms with Crippen molar-refractivity contribution in [3.05, 3.63) is 89.5 Å². The highest BCUT2D eigenvalue weighted by molar-refractivity contribution is 6.30. The van der Waals surface area contributed by atoms with Crippen LogP contribution in [0.2, 0.25) is 5.02 Å². The summed E-state index contributed by atoms with van der Waals surface area (Å²) in [6.07, 6.45) is 7.22. The Balaban J connectivity index is 1.40. The van der Waals surface area contributed by atoms with Crippen molar-refractivity contribution in [3.8, 4) is 22.9 Å². The molecular weight excluding hydrogens is 436 g/mol. The molecule has 0 aliphatic carbocycles. The largest absolute Gasteiger partial charge is 0.424 e. The van der Waals surface area contributed by atoms with Gasteiger partial charge in [-0.3, -0.25) is 4.90 Å². The Labute approximate surface area is 197 Å². The van der Waals surface area contributed by atoms with Crippen LogP contribution in [0.5, 0.6) is 11.8 Å². The zero-order valence-corrected chi connectivity index (χ0v) is 18.7. The van der Waals surface area contributed by atoms with Crippen LogP contribution in [0.15, 0.2) is 73.2 Å². The molecule has 3 heterocycles. The molecule has 8 heteroatoms. The van der Waals surface area contributed by atoms with Crippen LogP contribution < -0.4 is 10.5 Å². The first-order valence-electron chi connectivity index (χ1n) is 10.8. The first-order valence-corrected chi connectivity index (χ1v) is 11.2. The predicted molar refractivity (Wildman–Crippen MR) is 128 cm³/mol. The number of aromatic nitrogens is 4. The summed E-state index contributed by atoms with van der Waals surface area (Å²) in [5, 5.41) is 0.696. The van der Waals surface area contributed by atoms with E-state index in [1.807, 2.05) is 48.7 Å². The molecule has 1 saturated heterocycles. The second kappa shape index (κ2) is 9.52. The standard InChI is InChI=1S/C25H23ClN6O/c26-19-9-7-18(8-10-19)21-15-30-24(27)31-23(21)22-6-2-13-32(22)16-17-4-1-5-20(14-17)33-25-28-11-3-12-29-25/h1,3-5,7-12,14-15,22H,2,6,13,16H2,(H2,27,30,31)/t22-/m0/s1. The van der Waals surface area contributed by atoms with Crippen LogP contribution in [0.1, 0.15) is 30.1 Å². The van der Waals surface area contributed by atoms with Gasteiger partial charge in [-0.25, -0.2) is 19.9 Å². The lowest BCUT2D eigenvalue weighted by molar-refractivity contribution is 0.244. The average molecular weight is 459 g/mol. The van der Waals surface area contributed by atoms with Crippen LogP contribution in [0.4, 0.5) is 5.95 Å². The minimum absolute atomic E-state index is 0.142. The molecule has 0 bridgehead atoms. The van der Waals surface area contributed by atoms with Gasteiger partial charge in [0.15, 0.2) is 0 Å². The van der Waals surface area contributed by atoms with Crippen molar-refractivity contribution in [1.29, 1.82) is 0 Å². The minimum Gasteiger partial charge on any atom is -0.424 e. The number of nitrogen functional groups attached to an aromatic ring is 1. The van der Waals surface area contributed by atoms with E-state index in [0.29, 0.717) is 16.8 Å². The Morgan fingerprint density at radius 2 is 1.85 bits per heavy atom. The van der Waals surface area contributed by atoms with Crippen LogP contribution in [0, 0.1) is 0 Å². The molecular formula is C25H23ClN6O. The van der Waals surface area contributed by atoms with Gasteiger partial charge in [0, 0.05) is 35.7 Å². The molecule has 7 nitrogen and oxygen atoms in total. The van der Waals surface area contributed by atoms with E-state index >= 15 is 0 Å². The number of nitrogens with two attached hydrogens (primary N) is 1. The van der Waals surface area contributed by atoms with Gasteiger partial charge < -0.3 is 10.5 Å². The minimum atomic E-state index is 0.142. The number of anilines is 1. The summed E-state index contributed by atoms with van der Waals surface area (Å²) in [6.45, 7) is 1.74. The van der Waals surface area contributed by atoms with Crippen LogP contribution >= 0.6 is 11.6 Å². The van der Waals surface area contributed by atoms with E-state index in [4.69, 9.17) is 22.1 Å². The zero-order chi connectivity index (χ0) is 22.6. The highest BCUT2D eigenvalue weighted by atomic mass is 35.5. The summed E-state index contributed by atoms with van der Waals surface area (Å²) in [5.74, 6) is 0.996. The number of nitrogens with zero attached hydrogens (tertiary/aromatic N) is 5. The van der Waals surface area contributed by atoms with E-state index in [0.717, 1.165) is 48.3 Å². The van der Waals surface area contributed by atoms with Gasteiger partial charge in [-0.1, -0.05) is 35.9 Å². The second-order valence-corrected chi connectivity index (χ2v) is 8.38. The lowest BCUT2D eigenvalue weighted by Crippen LogP contribution is -2.24. The van der Waals surface area contributed by atoms with Gasteiger partial charge in [0.05, 0.1) is 11.7 Å². The topological polar surface area (TPSA) is 90.0 Å². The molecule has 166 valence electrons. The van der Waals surface area contributed by atoms with Crippen molar-refractivity contribution in [2.75, 3.05) is 12.3 Å². The van der Waals surface area contributed by atoms with Gasteiger partial charge in [-0.15, -0.1) is 0 Å². The first-order chi connectivity index (χ1) is 16.2. The Hall–Kier alpha value is -3.55. The van der Waals surface area contributed by atoms with E-state index in [1.165, 1.54) is 0 Å². The molecule has 33 heavy (non-hydrogen) atoms. The normalized spacial score (nSPS) is 16.1. The van der Waals surface area contributed by atoms with Crippen molar-refractivity contribution in [1.82, 2.24) is 24.8 Å². The van der Waals surface area contributed by atoms with Gasteiger partial charge >= 0.3 is 6.01 Å². The van der Waals surface area contributed by atoms with E-state index < -0.39 is 0 Å². The lowest BCUT2D eigenvalue weighted by atomic mass is 9.99. The average Bonchev–Trinajstić information content (AvgIpc) is 3.28. The van der Waals surface area contributed by atoms with E-state index in [-0.39, 0.29) is 12.0 Å². The number of ether oxygens (including phenoxy) is 1. The molecule has 2 N–H and O–H groups in total. The Morgan fingerprint density at radius 3 is 2.67 bits per heavy atom. The van der Waals surface area contributed by atoms with Crippen molar-refractivity contribution < 1.29 is 4.74 Å². The third-order valence-corrected chi connectivity index (χ3v) is 5.96. The molecule has 1 atom stereocenters. The first kappa shape index (κ1) is 21.3. The van der Waals surface area contributed by atoms with Crippen LogP contribution in [0.25, 0.3) is 11.1 Å². The van der Waals surface area contributed by atoms with Gasteiger partial charge in [0.25, 0.3) is 0 Å².